The van der Waals surface area contributed by atoms with Gasteiger partial charge in [0.2, 0.25) is 5.88 Å². The van der Waals surface area contributed by atoms with Gasteiger partial charge in [-0.3, -0.25) is 0 Å². The van der Waals surface area contributed by atoms with E-state index in [-0.39, 0.29) is 62.9 Å². The molecule has 9 nitrogen and oxygen atoms in total. The molecule has 0 amide bonds. The Bertz CT molecular complexity index is 2090. The summed E-state index contributed by atoms with van der Waals surface area (Å²) in [5.41, 5.74) is 0.930. The van der Waals surface area contributed by atoms with Crippen LogP contribution in [0.1, 0.15) is 38.2 Å². The Balaban J connectivity index is 1.17. The van der Waals surface area contributed by atoms with Crippen LogP contribution < -0.4 is 14.4 Å². The van der Waals surface area contributed by atoms with Gasteiger partial charge in [-0.15, -0.1) is 6.42 Å². The Kier molecular flexibility index (Phi) is 6.76. The number of terminal acetylenes is 1. The number of fused-ring (bicyclic) bond motifs is 5. The van der Waals surface area contributed by atoms with Crippen molar-refractivity contribution in [1.29, 1.82) is 0 Å². The number of allylic oxidation sites excluding steroid dienone is 1. The maximum absolute atomic E-state index is 17.1. The number of pyridine rings is 1. The summed E-state index contributed by atoms with van der Waals surface area (Å²) in [6, 6.07) is 6.11. The smallest absolute Gasteiger partial charge is 0.319 e. The molecule has 2 bridgehead atoms. The van der Waals surface area contributed by atoms with Crippen molar-refractivity contribution >= 4 is 27.5 Å². The van der Waals surface area contributed by atoms with Crippen LogP contribution in [0, 0.1) is 41.2 Å². The first kappa shape index (κ1) is 30.4. The van der Waals surface area contributed by atoms with Gasteiger partial charge in [-0.1, -0.05) is 18.6 Å². The van der Waals surface area contributed by atoms with Gasteiger partial charge in [-0.2, -0.15) is 9.97 Å². The third kappa shape index (κ3) is 4.94. The fraction of sp³-hybridized carbons (Fsp3) is 0.447. The number of piperazine rings is 1. The molecule has 6 fully saturated rings. The number of aromatic nitrogens is 3. The molecule has 4 atom stereocenters. The molecule has 4 unspecified atom stereocenters. The van der Waals surface area contributed by atoms with Gasteiger partial charge in [0, 0.05) is 66.9 Å². The molecule has 2 aromatic heterocycles. The number of ether oxygens (including phenoxy) is 2. The first-order chi connectivity index (χ1) is 23.6. The number of likely N-dealkylation sites (tertiary alicyclic amines) is 1. The van der Waals surface area contributed by atoms with Crippen LogP contribution in [-0.2, 0) is 0 Å². The van der Waals surface area contributed by atoms with Crippen molar-refractivity contribution in [1.82, 2.24) is 24.8 Å². The first-order valence-corrected chi connectivity index (χ1v) is 17.1. The third-order valence-electron chi connectivity index (χ3n) is 11.4. The summed E-state index contributed by atoms with van der Waals surface area (Å²) < 4.78 is 44.3. The van der Waals surface area contributed by atoms with E-state index in [1.165, 1.54) is 37.8 Å². The number of aromatic hydroxyl groups is 1. The van der Waals surface area contributed by atoms with E-state index in [4.69, 9.17) is 20.9 Å². The van der Waals surface area contributed by atoms with E-state index in [0.29, 0.717) is 36.3 Å². The normalized spacial score (nSPS) is 24.8. The van der Waals surface area contributed by atoms with Crippen LogP contribution >= 0.6 is 0 Å². The number of hydrogen-bond acceptors (Lipinski definition) is 9. The second kappa shape index (κ2) is 10.9. The van der Waals surface area contributed by atoms with Gasteiger partial charge in [0.25, 0.3) is 0 Å². The summed E-state index contributed by atoms with van der Waals surface area (Å²) in [7, 11) is 1.46. The quantitative estimate of drug-likeness (QED) is 0.226. The van der Waals surface area contributed by atoms with Crippen molar-refractivity contribution in [2.24, 2.45) is 17.3 Å². The zero-order valence-corrected chi connectivity index (χ0v) is 27.7. The molecule has 49 heavy (non-hydrogen) atoms. The average Bonchev–Trinajstić information content (AvgIpc) is 3.99. The van der Waals surface area contributed by atoms with Crippen LogP contribution in [0.3, 0.4) is 0 Å². The van der Waals surface area contributed by atoms with Crippen molar-refractivity contribution in [2.75, 3.05) is 51.3 Å². The minimum atomic E-state index is -0.772. The van der Waals surface area contributed by atoms with E-state index < -0.39 is 11.6 Å². The molecular weight excluding hydrogens is 626 g/mol. The Hall–Kier alpha value is -4.69. The molecule has 10 rings (SSSR count). The van der Waals surface area contributed by atoms with Gasteiger partial charge in [-0.25, -0.2) is 13.8 Å². The Morgan fingerprint density at radius 3 is 2.49 bits per heavy atom. The van der Waals surface area contributed by atoms with E-state index in [9.17, 15) is 9.50 Å². The molecule has 6 heterocycles. The highest BCUT2D eigenvalue weighted by Crippen LogP contribution is 2.51. The summed E-state index contributed by atoms with van der Waals surface area (Å²) in [5, 5.41) is 11.7. The fourth-order valence-electron chi connectivity index (χ4n) is 8.72. The molecule has 4 aromatic rings. The molecule has 252 valence electrons. The number of halogens is 2. The van der Waals surface area contributed by atoms with Gasteiger partial charge < -0.3 is 29.3 Å². The molecule has 0 radical (unpaired) electrons. The molecule has 6 aliphatic rings. The lowest BCUT2D eigenvalue weighted by molar-refractivity contribution is 0.0352. The molecule has 4 aliphatic heterocycles. The van der Waals surface area contributed by atoms with Crippen molar-refractivity contribution in [3.05, 3.63) is 53.7 Å². The number of hydrogen-bond donors (Lipinski definition) is 1. The number of piperidine rings is 2. The minimum Gasteiger partial charge on any atom is -0.508 e. The number of nitrogens with zero attached hydrogens (tertiary/aromatic N) is 6. The number of phenols is 1. The highest BCUT2D eigenvalue weighted by Gasteiger charge is 2.51. The molecule has 2 saturated carbocycles. The van der Waals surface area contributed by atoms with Crippen LogP contribution in [0.2, 0.25) is 0 Å². The van der Waals surface area contributed by atoms with E-state index in [0.717, 1.165) is 56.4 Å². The van der Waals surface area contributed by atoms with Crippen LogP contribution in [0.25, 0.3) is 32.9 Å². The molecular formula is C38H38F2N6O3. The molecule has 0 spiro atoms. The van der Waals surface area contributed by atoms with Crippen molar-refractivity contribution < 1.29 is 23.4 Å². The molecule has 11 heteroatoms. The summed E-state index contributed by atoms with van der Waals surface area (Å²) >= 11 is 0. The van der Waals surface area contributed by atoms with Crippen LogP contribution in [0.15, 0.2) is 36.5 Å². The summed E-state index contributed by atoms with van der Waals surface area (Å²) in [6.45, 7) is 11.3. The molecule has 2 aliphatic carbocycles. The van der Waals surface area contributed by atoms with E-state index in [2.05, 4.69) is 37.2 Å². The maximum atomic E-state index is 17.1. The van der Waals surface area contributed by atoms with Crippen LogP contribution in [0.5, 0.6) is 17.6 Å². The number of benzene rings is 2. The van der Waals surface area contributed by atoms with E-state index in [1.54, 1.807) is 0 Å². The second-order valence-corrected chi connectivity index (χ2v) is 14.8. The highest BCUT2D eigenvalue weighted by atomic mass is 19.1. The zero-order valence-electron chi connectivity index (χ0n) is 27.7. The van der Waals surface area contributed by atoms with E-state index >= 15 is 4.39 Å². The highest BCUT2D eigenvalue weighted by molar-refractivity contribution is 6.04. The first-order valence-electron chi connectivity index (χ1n) is 17.1. The lowest BCUT2D eigenvalue weighted by Gasteiger charge is -2.58. The van der Waals surface area contributed by atoms with Crippen molar-refractivity contribution in [3.63, 3.8) is 0 Å². The van der Waals surface area contributed by atoms with Crippen molar-refractivity contribution in [2.45, 2.75) is 44.7 Å². The van der Waals surface area contributed by atoms with Gasteiger partial charge >= 0.3 is 6.01 Å². The number of anilines is 1. The summed E-state index contributed by atoms with van der Waals surface area (Å²) in [4.78, 5) is 21.3. The zero-order chi connectivity index (χ0) is 33.8. The van der Waals surface area contributed by atoms with Crippen LogP contribution in [0.4, 0.5) is 14.6 Å². The predicted octanol–water partition coefficient (Wildman–Crippen LogP) is 5.73. The Morgan fingerprint density at radius 2 is 1.82 bits per heavy atom. The van der Waals surface area contributed by atoms with Gasteiger partial charge in [0.1, 0.15) is 34.0 Å². The van der Waals surface area contributed by atoms with Gasteiger partial charge in [0.05, 0.1) is 19.3 Å². The third-order valence-corrected chi connectivity index (χ3v) is 11.4. The second-order valence-electron chi connectivity index (χ2n) is 14.8. The fourth-order valence-corrected chi connectivity index (χ4v) is 8.72. The topological polar surface area (TPSA) is 87.1 Å². The molecule has 4 saturated heterocycles. The lowest BCUT2D eigenvalue weighted by atomic mass is 9.86. The standard InChI is InChI=1S/C38H38F2N6O3/c1-5-27-29(39)7-6-21-11-26(47)13-28(30(21)27)33-32(40)34-31(36(41-33)48-4)35(45-16-24-12-25(17-45)46(24)20(2)3)43-37(42-34)49-19-38(8-9-38)18-44-14-22-10-23(22)15-44/h1,6-7,11,13,22-25,47H,2,8-10,12,14-19H2,3-4H3. The average molecular weight is 665 g/mol. The van der Waals surface area contributed by atoms with Gasteiger partial charge in [0.15, 0.2) is 5.82 Å². The minimum absolute atomic E-state index is 0.0301. The Labute approximate surface area is 283 Å². The maximum Gasteiger partial charge on any atom is 0.319 e. The Morgan fingerprint density at radius 1 is 1.06 bits per heavy atom. The largest absolute Gasteiger partial charge is 0.508 e. The molecule has 1 N–H and O–H groups in total. The monoisotopic (exact) mass is 664 g/mol. The number of phenolic OH excluding ortho intramolecular Hbond substituents is 1. The lowest BCUT2D eigenvalue weighted by Crippen LogP contribution is -2.68. The van der Waals surface area contributed by atoms with Crippen LogP contribution in [-0.4, -0.2) is 88.4 Å². The summed E-state index contributed by atoms with van der Waals surface area (Å²) in [6.07, 6.45) is 10.3. The molecule has 2 aromatic carbocycles. The predicted molar refractivity (Wildman–Crippen MR) is 183 cm³/mol. The van der Waals surface area contributed by atoms with E-state index in [1.807, 2.05) is 6.92 Å². The number of rotatable bonds is 9. The number of methoxy groups -OCH3 is 1. The summed E-state index contributed by atoms with van der Waals surface area (Å²) in [5.74, 6) is 3.15. The van der Waals surface area contributed by atoms with Gasteiger partial charge in [-0.05, 0) is 68.0 Å². The SMILES string of the molecule is C#Cc1c(F)ccc2cc(O)cc(-c3nc(OC)c4c(N5CC6CC(C5)N6C(=C)C)nc(OCC5(CN6CC7CC7C6)CC5)nc4c3F)c12. The van der Waals surface area contributed by atoms with Crippen molar-refractivity contribution in [3.8, 4) is 41.2 Å².